The van der Waals surface area contributed by atoms with Crippen molar-refractivity contribution < 1.29 is 9.59 Å². The van der Waals surface area contributed by atoms with Gasteiger partial charge in [0.25, 0.3) is 0 Å². The molecule has 130 valence electrons. The van der Waals surface area contributed by atoms with E-state index in [0.717, 1.165) is 37.9 Å². The molecule has 0 unspecified atom stereocenters. The predicted octanol–water partition coefficient (Wildman–Crippen LogP) is 1.09. The van der Waals surface area contributed by atoms with Crippen LogP contribution < -0.4 is 11.1 Å². The van der Waals surface area contributed by atoms with E-state index in [1.165, 1.54) is 0 Å². The molecule has 2 amide bonds. The van der Waals surface area contributed by atoms with Crippen molar-refractivity contribution >= 4 is 23.2 Å². The molecule has 0 aliphatic carbocycles. The molecule has 0 aromatic carbocycles. The van der Waals surface area contributed by atoms with Gasteiger partial charge in [-0.2, -0.15) is 0 Å². The minimum Gasteiger partial charge on any atom is -0.368 e. The Hall–Kier alpha value is -1.73. The second kappa shape index (κ2) is 7.03. The van der Waals surface area contributed by atoms with E-state index in [4.69, 9.17) is 5.73 Å². The molecular weight excluding hydrogens is 324 g/mol. The summed E-state index contributed by atoms with van der Waals surface area (Å²) < 4.78 is 0. The van der Waals surface area contributed by atoms with Crippen LogP contribution in [0.1, 0.15) is 31.4 Å². The van der Waals surface area contributed by atoms with Gasteiger partial charge in [0, 0.05) is 30.4 Å². The van der Waals surface area contributed by atoms with E-state index >= 15 is 0 Å². The first-order chi connectivity index (χ1) is 11.6. The Kier molecular flexibility index (Phi) is 5.01. The predicted molar refractivity (Wildman–Crippen MR) is 93.4 cm³/mol. The lowest BCUT2D eigenvalue weighted by Gasteiger charge is -2.36. The number of thiazole rings is 1. The molecule has 3 N–H and O–H groups in total. The maximum Gasteiger partial charge on any atom is 0.236 e. The number of primary amides is 1. The van der Waals surface area contributed by atoms with Gasteiger partial charge in [0.15, 0.2) is 0 Å². The summed E-state index contributed by atoms with van der Waals surface area (Å²) in [5, 5.41) is 4.76. The monoisotopic (exact) mass is 348 g/mol. The zero-order valence-corrected chi connectivity index (χ0v) is 14.6. The second-order valence-electron chi connectivity index (χ2n) is 6.73. The fraction of sp³-hybridized carbons (Fsp3) is 0.588. The molecule has 2 fully saturated rings. The average molecular weight is 348 g/mol. The first-order valence-electron chi connectivity index (χ1n) is 8.37. The third-order valence-corrected chi connectivity index (χ3v) is 5.96. The van der Waals surface area contributed by atoms with Crippen molar-refractivity contribution in [1.82, 2.24) is 15.2 Å². The van der Waals surface area contributed by atoms with E-state index in [9.17, 15) is 9.59 Å². The van der Waals surface area contributed by atoms with E-state index < -0.39 is 11.3 Å². The number of rotatable bonds is 8. The van der Waals surface area contributed by atoms with Crippen LogP contribution in [0.15, 0.2) is 23.5 Å². The van der Waals surface area contributed by atoms with Crippen molar-refractivity contribution in [3.63, 3.8) is 0 Å². The SMILES string of the molecule is C=CCCN1[C@@H]2CC[C@H]1[C@@](Cc1cscn1)(C(=O)NCC(N)=O)C2. The number of carbonyl (C=O) groups is 2. The Bertz CT molecular complexity index is 618. The van der Waals surface area contributed by atoms with Crippen molar-refractivity contribution in [2.75, 3.05) is 13.1 Å². The third kappa shape index (κ3) is 3.10. The molecule has 3 rings (SSSR count). The number of aromatic nitrogens is 1. The number of hydrogen-bond acceptors (Lipinski definition) is 5. The maximum absolute atomic E-state index is 13.0. The molecule has 6 nitrogen and oxygen atoms in total. The van der Waals surface area contributed by atoms with Gasteiger partial charge in [-0.15, -0.1) is 17.9 Å². The van der Waals surface area contributed by atoms with Crippen LogP contribution in [0.3, 0.4) is 0 Å². The fourth-order valence-corrected chi connectivity index (χ4v) is 4.95. The van der Waals surface area contributed by atoms with E-state index in [2.05, 4.69) is 21.8 Å². The van der Waals surface area contributed by atoms with E-state index in [0.29, 0.717) is 12.5 Å². The van der Waals surface area contributed by atoms with Crippen LogP contribution in [0.25, 0.3) is 0 Å². The van der Waals surface area contributed by atoms with Crippen molar-refractivity contribution in [2.45, 2.75) is 44.2 Å². The highest BCUT2D eigenvalue weighted by Gasteiger charge is 2.59. The van der Waals surface area contributed by atoms with Gasteiger partial charge in [-0.25, -0.2) is 4.98 Å². The topological polar surface area (TPSA) is 88.3 Å². The number of amides is 2. The summed E-state index contributed by atoms with van der Waals surface area (Å²) in [6.07, 6.45) is 6.42. The lowest BCUT2D eigenvalue weighted by atomic mass is 9.70. The Balaban J connectivity index is 1.84. The molecule has 1 aromatic rings. The highest BCUT2D eigenvalue weighted by atomic mass is 32.1. The number of nitrogens with one attached hydrogen (secondary N) is 1. The normalized spacial score (nSPS) is 28.8. The first kappa shape index (κ1) is 17.1. The Morgan fingerprint density at radius 2 is 2.38 bits per heavy atom. The molecule has 0 spiro atoms. The minimum atomic E-state index is -0.520. The molecular formula is C17H24N4O2S. The second-order valence-corrected chi connectivity index (χ2v) is 7.45. The van der Waals surface area contributed by atoms with Crippen molar-refractivity contribution in [1.29, 1.82) is 0 Å². The van der Waals surface area contributed by atoms with Crippen LogP contribution in [0.4, 0.5) is 0 Å². The molecule has 2 saturated heterocycles. The molecule has 0 saturated carbocycles. The van der Waals surface area contributed by atoms with Crippen LogP contribution in [-0.2, 0) is 16.0 Å². The molecule has 2 aliphatic heterocycles. The molecule has 1 aromatic heterocycles. The third-order valence-electron chi connectivity index (χ3n) is 5.33. The number of hydrogen-bond donors (Lipinski definition) is 2. The first-order valence-corrected chi connectivity index (χ1v) is 9.31. The summed E-state index contributed by atoms with van der Waals surface area (Å²) >= 11 is 1.54. The summed E-state index contributed by atoms with van der Waals surface area (Å²) in [4.78, 5) is 30.9. The van der Waals surface area contributed by atoms with Gasteiger partial charge in [0.1, 0.15) is 0 Å². The fourth-order valence-electron chi connectivity index (χ4n) is 4.39. The molecule has 3 heterocycles. The summed E-state index contributed by atoms with van der Waals surface area (Å²) in [6.45, 7) is 4.63. The Labute approximate surface area is 146 Å². The lowest BCUT2D eigenvalue weighted by Crippen LogP contribution is -2.52. The number of carbonyl (C=O) groups excluding carboxylic acids is 2. The van der Waals surface area contributed by atoms with Gasteiger partial charge in [0.2, 0.25) is 11.8 Å². The van der Waals surface area contributed by atoms with Crippen LogP contribution in [0.2, 0.25) is 0 Å². The van der Waals surface area contributed by atoms with Gasteiger partial charge in [-0.1, -0.05) is 6.08 Å². The van der Waals surface area contributed by atoms with Gasteiger partial charge in [0.05, 0.1) is 23.2 Å². The molecule has 0 radical (unpaired) electrons. The van der Waals surface area contributed by atoms with Crippen LogP contribution >= 0.6 is 11.3 Å². The quantitative estimate of drug-likeness (QED) is 0.688. The highest BCUT2D eigenvalue weighted by Crippen LogP contribution is 2.51. The van der Waals surface area contributed by atoms with Crippen LogP contribution in [0, 0.1) is 5.41 Å². The van der Waals surface area contributed by atoms with Gasteiger partial charge in [-0.3, -0.25) is 14.5 Å². The Morgan fingerprint density at radius 3 is 3.04 bits per heavy atom. The Morgan fingerprint density at radius 1 is 1.54 bits per heavy atom. The maximum atomic E-state index is 13.0. The van der Waals surface area contributed by atoms with E-state index in [1.807, 2.05) is 11.5 Å². The standard InChI is InChI=1S/C17H24N4O2S/c1-2-3-6-21-13-4-5-14(21)17(8-13,7-12-10-24-11-20-12)16(23)19-9-15(18)22/h2,10-11,13-14H,1,3-9H2,(H2,18,22)(H,19,23)/t13-,14+,17+/m1/s1. The average Bonchev–Trinajstić information content (AvgIpc) is 3.26. The van der Waals surface area contributed by atoms with Gasteiger partial charge in [-0.05, 0) is 25.7 Å². The molecule has 2 bridgehead atoms. The summed E-state index contributed by atoms with van der Waals surface area (Å²) in [7, 11) is 0. The van der Waals surface area contributed by atoms with E-state index in [1.54, 1.807) is 16.8 Å². The summed E-state index contributed by atoms with van der Waals surface area (Å²) in [5.74, 6) is -0.580. The van der Waals surface area contributed by atoms with Gasteiger partial charge < -0.3 is 11.1 Å². The smallest absolute Gasteiger partial charge is 0.236 e. The van der Waals surface area contributed by atoms with Crippen molar-refractivity contribution in [2.24, 2.45) is 11.1 Å². The zero-order valence-electron chi connectivity index (χ0n) is 13.7. The van der Waals surface area contributed by atoms with E-state index in [-0.39, 0.29) is 18.5 Å². The largest absolute Gasteiger partial charge is 0.368 e. The number of nitrogens with zero attached hydrogens (tertiary/aromatic N) is 2. The summed E-state index contributed by atoms with van der Waals surface area (Å²) in [5.41, 5.74) is 7.43. The summed E-state index contributed by atoms with van der Waals surface area (Å²) in [6, 6.07) is 0.616. The van der Waals surface area contributed by atoms with Crippen molar-refractivity contribution in [3.8, 4) is 0 Å². The molecule has 7 heteroatoms. The van der Waals surface area contributed by atoms with Gasteiger partial charge >= 0.3 is 0 Å². The lowest BCUT2D eigenvalue weighted by molar-refractivity contribution is -0.134. The zero-order chi connectivity index (χ0) is 17.2. The van der Waals surface area contributed by atoms with Crippen LogP contribution in [0.5, 0.6) is 0 Å². The van der Waals surface area contributed by atoms with Crippen LogP contribution in [-0.4, -0.2) is 46.9 Å². The molecule has 2 aliphatic rings. The van der Waals surface area contributed by atoms with Crippen molar-refractivity contribution in [3.05, 3.63) is 29.2 Å². The molecule has 3 atom stereocenters. The number of fused-ring (bicyclic) bond motifs is 2. The highest BCUT2D eigenvalue weighted by molar-refractivity contribution is 7.07. The molecule has 24 heavy (non-hydrogen) atoms. The minimum absolute atomic E-state index is 0.0647. The number of nitrogens with two attached hydrogens (primary N) is 1.